The van der Waals surface area contributed by atoms with Crippen molar-refractivity contribution in [2.24, 2.45) is 5.11 Å². The molecule has 19 heavy (non-hydrogen) atoms. The number of aromatic nitrogens is 4. The average Bonchev–Trinajstić information content (AvgIpc) is 2.78. The molecule has 1 aromatic carbocycles. The fourth-order valence-electron chi connectivity index (χ4n) is 1.73. The molecular formula is C11H6BrN7. The summed E-state index contributed by atoms with van der Waals surface area (Å²) in [7, 11) is 0. The van der Waals surface area contributed by atoms with Crippen molar-refractivity contribution in [2.45, 2.75) is 0 Å². The SMILES string of the molecule is [N-]=[N+]=Nc1nccnc1-n1nc2ccccc2c1Br. The molecule has 3 aromatic rings. The summed E-state index contributed by atoms with van der Waals surface area (Å²) in [6, 6.07) is 7.65. The summed E-state index contributed by atoms with van der Waals surface area (Å²) < 4.78 is 2.29. The monoisotopic (exact) mass is 315 g/mol. The maximum Gasteiger partial charge on any atom is 0.183 e. The molecule has 0 fully saturated rings. The van der Waals surface area contributed by atoms with Crippen LogP contribution in [0.25, 0.3) is 27.2 Å². The van der Waals surface area contributed by atoms with Crippen molar-refractivity contribution >= 4 is 32.7 Å². The molecule has 0 radical (unpaired) electrons. The van der Waals surface area contributed by atoms with E-state index in [-0.39, 0.29) is 5.82 Å². The van der Waals surface area contributed by atoms with Crippen LogP contribution >= 0.6 is 15.9 Å². The standard InChI is InChI=1S/C11H6BrN7/c12-9-7-3-1-2-4-8(7)17-19(9)11-10(16-18-13)14-5-6-15-11/h1-6H. The Kier molecular flexibility index (Phi) is 2.86. The number of fused-ring (bicyclic) bond motifs is 1. The van der Waals surface area contributed by atoms with Crippen LogP contribution in [0, 0.1) is 0 Å². The first-order valence-electron chi connectivity index (χ1n) is 5.31. The van der Waals surface area contributed by atoms with E-state index in [0.29, 0.717) is 5.82 Å². The van der Waals surface area contributed by atoms with Gasteiger partial charge in [0.1, 0.15) is 4.60 Å². The molecule has 0 saturated heterocycles. The van der Waals surface area contributed by atoms with Crippen molar-refractivity contribution < 1.29 is 0 Å². The Balaban J connectivity index is 2.30. The number of hydrogen-bond acceptors (Lipinski definition) is 4. The zero-order valence-corrected chi connectivity index (χ0v) is 11.1. The van der Waals surface area contributed by atoms with Crippen LogP contribution in [0.15, 0.2) is 46.4 Å². The second-order valence-electron chi connectivity index (χ2n) is 3.61. The summed E-state index contributed by atoms with van der Waals surface area (Å²) in [6.07, 6.45) is 2.98. The van der Waals surface area contributed by atoms with Crippen LogP contribution in [0.4, 0.5) is 5.82 Å². The maximum atomic E-state index is 8.55. The minimum atomic E-state index is 0.179. The van der Waals surface area contributed by atoms with E-state index >= 15 is 0 Å². The highest BCUT2D eigenvalue weighted by atomic mass is 79.9. The molecule has 0 saturated carbocycles. The number of halogens is 1. The second-order valence-corrected chi connectivity index (χ2v) is 4.36. The molecule has 0 amide bonds. The summed E-state index contributed by atoms with van der Waals surface area (Å²) >= 11 is 3.47. The van der Waals surface area contributed by atoms with Crippen molar-refractivity contribution in [3.05, 3.63) is 51.7 Å². The summed E-state index contributed by atoms with van der Waals surface area (Å²) in [5.41, 5.74) is 9.36. The fraction of sp³-hybridized carbons (Fsp3) is 0. The second kappa shape index (κ2) is 4.68. The van der Waals surface area contributed by atoms with E-state index in [9.17, 15) is 0 Å². The summed E-state index contributed by atoms with van der Waals surface area (Å²) in [4.78, 5) is 10.9. The van der Waals surface area contributed by atoms with Gasteiger partial charge in [0.15, 0.2) is 11.6 Å². The molecule has 0 N–H and O–H groups in total. The summed E-state index contributed by atoms with van der Waals surface area (Å²) in [6.45, 7) is 0. The van der Waals surface area contributed by atoms with Crippen LogP contribution in [0.5, 0.6) is 0 Å². The van der Waals surface area contributed by atoms with Gasteiger partial charge in [0.2, 0.25) is 0 Å². The smallest absolute Gasteiger partial charge is 0.183 e. The number of azide groups is 1. The summed E-state index contributed by atoms with van der Waals surface area (Å²) in [5.74, 6) is 0.557. The van der Waals surface area contributed by atoms with E-state index in [2.05, 4.69) is 41.0 Å². The molecule has 3 rings (SSSR count). The Morgan fingerprint density at radius 1 is 1.21 bits per heavy atom. The van der Waals surface area contributed by atoms with Gasteiger partial charge in [0, 0.05) is 22.7 Å². The molecular weight excluding hydrogens is 310 g/mol. The van der Waals surface area contributed by atoms with Gasteiger partial charge in [-0.25, -0.2) is 14.6 Å². The Bertz CT molecular complexity index is 804. The molecule has 0 aliphatic heterocycles. The van der Waals surface area contributed by atoms with Gasteiger partial charge in [-0.15, -0.1) is 0 Å². The van der Waals surface area contributed by atoms with E-state index in [1.807, 2.05) is 24.3 Å². The van der Waals surface area contributed by atoms with Gasteiger partial charge in [-0.2, -0.15) is 5.10 Å². The fourth-order valence-corrected chi connectivity index (χ4v) is 2.31. The lowest BCUT2D eigenvalue weighted by molar-refractivity contribution is 0.832. The molecule has 0 unspecified atom stereocenters. The zero-order chi connectivity index (χ0) is 13.2. The van der Waals surface area contributed by atoms with Crippen LogP contribution in [0.2, 0.25) is 0 Å². The van der Waals surface area contributed by atoms with Crippen molar-refractivity contribution in [3.63, 3.8) is 0 Å². The largest absolute Gasteiger partial charge is 0.249 e. The average molecular weight is 316 g/mol. The Hall–Kier alpha value is -2.44. The number of nitrogens with zero attached hydrogens (tertiary/aromatic N) is 7. The third-order valence-corrected chi connectivity index (χ3v) is 3.28. The molecule has 0 aliphatic rings. The summed E-state index contributed by atoms with van der Waals surface area (Å²) in [5, 5.41) is 8.87. The van der Waals surface area contributed by atoms with E-state index in [1.165, 1.54) is 12.4 Å². The lowest BCUT2D eigenvalue weighted by Crippen LogP contribution is -2.00. The highest BCUT2D eigenvalue weighted by Crippen LogP contribution is 2.28. The minimum absolute atomic E-state index is 0.179. The van der Waals surface area contributed by atoms with Gasteiger partial charge < -0.3 is 0 Å². The first kappa shape index (κ1) is 11.6. The number of benzene rings is 1. The van der Waals surface area contributed by atoms with Crippen LogP contribution in [-0.4, -0.2) is 19.7 Å². The predicted octanol–water partition coefficient (Wildman–Crippen LogP) is 3.52. The lowest BCUT2D eigenvalue weighted by Gasteiger charge is -2.03. The van der Waals surface area contributed by atoms with Crippen LogP contribution in [0.3, 0.4) is 0 Å². The van der Waals surface area contributed by atoms with Crippen LogP contribution in [-0.2, 0) is 0 Å². The molecule has 92 valence electrons. The molecule has 8 heteroatoms. The van der Waals surface area contributed by atoms with E-state index in [0.717, 1.165) is 15.5 Å². The van der Waals surface area contributed by atoms with E-state index in [4.69, 9.17) is 5.53 Å². The van der Waals surface area contributed by atoms with Gasteiger partial charge in [0.05, 0.1) is 5.52 Å². The third-order valence-electron chi connectivity index (χ3n) is 2.52. The molecule has 0 atom stereocenters. The molecule has 0 aliphatic carbocycles. The Morgan fingerprint density at radius 3 is 2.79 bits per heavy atom. The minimum Gasteiger partial charge on any atom is -0.249 e. The zero-order valence-electron chi connectivity index (χ0n) is 9.47. The van der Waals surface area contributed by atoms with Crippen molar-refractivity contribution in [3.8, 4) is 5.82 Å². The lowest BCUT2D eigenvalue weighted by atomic mass is 10.3. The predicted molar refractivity (Wildman–Crippen MR) is 73.2 cm³/mol. The molecule has 0 spiro atoms. The van der Waals surface area contributed by atoms with E-state index < -0.39 is 0 Å². The molecule has 2 aromatic heterocycles. The van der Waals surface area contributed by atoms with Crippen molar-refractivity contribution in [1.29, 1.82) is 0 Å². The normalized spacial score (nSPS) is 10.4. The quantitative estimate of drug-likeness (QED) is 0.411. The first-order valence-corrected chi connectivity index (χ1v) is 6.10. The van der Waals surface area contributed by atoms with Gasteiger partial charge in [-0.05, 0) is 32.6 Å². The van der Waals surface area contributed by atoms with Crippen LogP contribution in [0.1, 0.15) is 0 Å². The van der Waals surface area contributed by atoms with Crippen molar-refractivity contribution in [2.75, 3.05) is 0 Å². The number of hydrogen-bond donors (Lipinski definition) is 0. The highest BCUT2D eigenvalue weighted by Gasteiger charge is 2.13. The Labute approximate surface area is 115 Å². The third kappa shape index (κ3) is 1.92. The molecule has 7 nitrogen and oxygen atoms in total. The first-order chi connectivity index (χ1) is 9.31. The van der Waals surface area contributed by atoms with Gasteiger partial charge in [-0.1, -0.05) is 18.2 Å². The van der Waals surface area contributed by atoms with Gasteiger partial charge in [0.25, 0.3) is 0 Å². The highest BCUT2D eigenvalue weighted by molar-refractivity contribution is 9.10. The maximum absolute atomic E-state index is 8.55. The Morgan fingerprint density at radius 2 is 2.00 bits per heavy atom. The topological polar surface area (TPSA) is 92.4 Å². The number of rotatable bonds is 2. The molecule has 0 bridgehead atoms. The van der Waals surface area contributed by atoms with E-state index in [1.54, 1.807) is 4.68 Å². The van der Waals surface area contributed by atoms with Gasteiger partial charge >= 0.3 is 0 Å². The van der Waals surface area contributed by atoms with Crippen molar-refractivity contribution in [1.82, 2.24) is 19.7 Å². The van der Waals surface area contributed by atoms with Crippen LogP contribution < -0.4 is 0 Å². The molecule has 2 heterocycles. The van der Waals surface area contributed by atoms with Gasteiger partial charge in [-0.3, -0.25) is 0 Å².